The fourth-order valence-corrected chi connectivity index (χ4v) is 2.97. The Hall–Kier alpha value is -2.55. The van der Waals surface area contributed by atoms with Gasteiger partial charge in [0.05, 0.1) is 35.7 Å². The monoisotopic (exact) mass is 366 g/mol. The first-order valence-corrected chi connectivity index (χ1v) is 8.19. The van der Waals surface area contributed by atoms with Gasteiger partial charge in [0, 0.05) is 6.20 Å². The van der Waals surface area contributed by atoms with Gasteiger partial charge in [-0.1, -0.05) is 0 Å². The third-order valence-electron chi connectivity index (χ3n) is 3.56. The Morgan fingerprint density at radius 2 is 2.20 bits per heavy atom. The Bertz CT molecular complexity index is 984. The maximum Gasteiger partial charge on any atom is 0.274 e. The van der Waals surface area contributed by atoms with Crippen LogP contribution in [0.15, 0.2) is 35.4 Å². The molecular weight excluding hydrogens is 350 g/mol. The van der Waals surface area contributed by atoms with Crippen LogP contribution in [0.3, 0.4) is 0 Å². The van der Waals surface area contributed by atoms with Crippen LogP contribution in [0.25, 0.3) is 11.0 Å². The van der Waals surface area contributed by atoms with Crippen molar-refractivity contribution in [2.24, 2.45) is 0 Å². The number of rotatable bonds is 5. The molecule has 25 heavy (non-hydrogen) atoms. The van der Waals surface area contributed by atoms with Gasteiger partial charge in [0.2, 0.25) is 0 Å². The number of ether oxygens (including phenoxy) is 1. The van der Waals surface area contributed by atoms with E-state index >= 15 is 0 Å². The number of hydrogen-bond acceptors (Lipinski definition) is 5. The average Bonchev–Trinajstić information content (AvgIpc) is 2.92. The van der Waals surface area contributed by atoms with Crippen molar-refractivity contribution in [1.29, 1.82) is 0 Å². The molecule has 0 bridgehead atoms. The fraction of sp³-hybridized carbons (Fsp3) is 0.250. The molecule has 0 amide bonds. The topological polar surface area (TPSA) is 75.1 Å². The molecule has 3 heterocycles. The van der Waals surface area contributed by atoms with Crippen molar-refractivity contribution in [2.45, 2.75) is 26.5 Å². The molecule has 0 aliphatic rings. The molecular formula is C16H16F2N4O2S. The summed E-state index contributed by atoms with van der Waals surface area (Å²) in [5.41, 5.74) is 6.29. The summed E-state index contributed by atoms with van der Waals surface area (Å²) in [5, 5.41) is 0. The molecule has 0 aliphatic carbocycles. The van der Waals surface area contributed by atoms with E-state index in [1.807, 2.05) is 0 Å². The minimum atomic E-state index is -0.678. The molecule has 3 aromatic heterocycles. The summed E-state index contributed by atoms with van der Waals surface area (Å²) in [7, 11) is 0. The van der Waals surface area contributed by atoms with Gasteiger partial charge in [-0.05, 0) is 32.0 Å². The lowest BCUT2D eigenvalue weighted by Crippen LogP contribution is -2.23. The molecule has 132 valence electrons. The number of halogens is 2. The Labute approximate surface area is 146 Å². The second-order valence-corrected chi connectivity index (χ2v) is 6.23. The van der Waals surface area contributed by atoms with Gasteiger partial charge >= 0.3 is 0 Å². The zero-order valence-electron chi connectivity index (χ0n) is 13.6. The number of pyridine rings is 2. The van der Waals surface area contributed by atoms with Gasteiger partial charge in [0.25, 0.3) is 5.56 Å². The van der Waals surface area contributed by atoms with Crippen LogP contribution in [0.4, 0.5) is 14.0 Å². The molecule has 6 nitrogen and oxygen atoms in total. The van der Waals surface area contributed by atoms with Crippen molar-refractivity contribution in [3.05, 3.63) is 52.5 Å². The molecule has 0 aromatic carbocycles. The Kier molecular flexibility index (Phi) is 4.67. The van der Waals surface area contributed by atoms with Crippen molar-refractivity contribution in [2.75, 3.05) is 5.73 Å². The minimum absolute atomic E-state index is 0.0554. The molecule has 0 saturated carbocycles. The lowest BCUT2D eigenvalue weighted by molar-refractivity contribution is 0.233. The van der Waals surface area contributed by atoms with Crippen LogP contribution in [-0.4, -0.2) is 19.6 Å². The van der Waals surface area contributed by atoms with Crippen LogP contribution in [0.5, 0.6) is 5.75 Å². The van der Waals surface area contributed by atoms with Gasteiger partial charge in [-0.2, -0.15) is 0 Å². The molecule has 2 N–H and O–H groups in total. The lowest BCUT2D eigenvalue weighted by Gasteiger charge is -2.13. The summed E-state index contributed by atoms with van der Waals surface area (Å²) in [6.45, 7) is 3.55. The molecule has 0 atom stereocenters. The molecule has 0 fully saturated rings. The van der Waals surface area contributed by atoms with E-state index in [1.54, 1.807) is 32.2 Å². The summed E-state index contributed by atoms with van der Waals surface area (Å²) >= 11 is -0.106. The number of nitrogens with two attached hydrogens (primary N) is 1. The molecule has 0 radical (unpaired) electrons. The van der Waals surface area contributed by atoms with Crippen LogP contribution >= 0.6 is 12.3 Å². The van der Waals surface area contributed by atoms with E-state index in [2.05, 4.69) is 4.98 Å². The van der Waals surface area contributed by atoms with Crippen molar-refractivity contribution in [1.82, 2.24) is 13.5 Å². The summed E-state index contributed by atoms with van der Waals surface area (Å²) in [6, 6.07) is 4.70. The number of nitrogens with zero attached hydrogens (tertiary/aromatic N) is 3. The van der Waals surface area contributed by atoms with Gasteiger partial charge < -0.3 is 15.0 Å². The first-order chi connectivity index (χ1) is 11.9. The van der Waals surface area contributed by atoms with E-state index in [4.69, 9.17) is 10.5 Å². The zero-order chi connectivity index (χ0) is 18.1. The van der Waals surface area contributed by atoms with E-state index in [-0.39, 0.29) is 47.5 Å². The normalized spacial score (nSPS) is 11.4. The number of hydrogen-bond donors (Lipinski definition) is 1. The maximum absolute atomic E-state index is 14.1. The number of nitrogen functional groups attached to an aromatic ring is 1. The van der Waals surface area contributed by atoms with E-state index in [9.17, 15) is 13.1 Å². The highest BCUT2D eigenvalue weighted by atomic mass is 32.2. The number of aromatic nitrogens is 3. The van der Waals surface area contributed by atoms with Crippen LogP contribution in [0.1, 0.15) is 19.5 Å². The summed E-state index contributed by atoms with van der Waals surface area (Å²) in [5.74, 6) is -0.751. The zero-order valence-corrected chi connectivity index (χ0v) is 14.4. The highest BCUT2D eigenvalue weighted by Crippen LogP contribution is 2.34. The fourth-order valence-electron chi connectivity index (χ4n) is 2.53. The van der Waals surface area contributed by atoms with Gasteiger partial charge in [0.15, 0.2) is 23.9 Å². The largest absolute Gasteiger partial charge is 0.486 e. The summed E-state index contributed by atoms with van der Waals surface area (Å²) in [6.07, 6.45) is 2.28. The first-order valence-electron chi connectivity index (χ1n) is 7.52. The lowest BCUT2D eigenvalue weighted by atomic mass is 10.3. The number of fused-ring (bicyclic) bond motifs is 1. The smallest absolute Gasteiger partial charge is 0.274 e. The quantitative estimate of drug-likeness (QED) is 0.751. The van der Waals surface area contributed by atoms with E-state index in [0.717, 1.165) is 6.20 Å². The van der Waals surface area contributed by atoms with Crippen molar-refractivity contribution >= 4 is 29.1 Å². The predicted molar refractivity (Wildman–Crippen MR) is 93.8 cm³/mol. The maximum atomic E-state index is 14.1. The molecule has 3 aromatic rings. The van der Waals surface area contributed by atoms with E-state index in [0.29, 0.717) is 11.2 Å². The van der Waals surface area contributed by atoms with Gasteiger partial charge in [-0.25, -0.2) is 4.39 Å². The summed E-state index contributed by atoms with van der Waals surface area (Å²) in [4.78, 5) is 16.1. The van der Waals surface area contributed by atoms with Crippen molar-refractivity contribution in [3.8, 4) is 5.75 Å². The van der Waals surface area contributed by atoms with Crippen molar-refractivity contribution in [3.63, 3.8) is 0 Å². The minimum Gasteiger partial charge on any atom is -0.486 e. The molecule has 0 aliphatic heterocycles. The van der Waals surface area contributed by atoms with E-state index in [1.165, 1.54) is 14.6 Å². The van der Waals surface area contributed by atoms with Crippen LogP contribution in [0.2, 0.25) is 0 Å². The SMILES string of the molecule is CC(C)Oc1c(F)cnc2cc(Cn3cccc(N)c3=O)n(SF)c12. The third-order valence-corrected chi connectivity index (χ3v) is 4.12. The van der Waals surface area contributed by atoms with Gasteiger partial charge in [0.1, 0.15) is 5.52 Å². The highest BCUT2D eigenvalue weighted by molar-refractivity contribution is 7.93. The van der Waals surface area contributed by atoms with Crippen LogP contribution in [0, 0.1) is 5.82 Å². The van der Waals surface area contributed by atoms with Crippen molar-refractivity contribution < 1.29 is 13.0 Å². The van der Waals surface area contributed by atoms with Crippen LogP contribution < -0.4 is 16.0 Å². The molecule has 0 spiro atoms. The average molecular weight is 366 g/mol. The first kappa shape index (κ1) is 17.3. The predicted octanol–water partition coefficient (Wildman–Crippen LogP) is 3.14. The van der Waals surface area contributed by atoms with E-state index < -0.39 is 5.82 Å². The highest BCUT2D eigenvalue weighted by Gasteiger charge is 2.20. The second kappa shape index (κ2) is 6.75. The second-order valence-electron chi connectivity index (χ2n) is 5.73. The molecule has 0 saturated heterocycles. The molecule has 0 unspecified atom stereocenters. The Morgan fingerprint density at radius 1 is 1.44 bits per heavy atom. The van der Waals surface area contributed by atoms with Crippen LogP contribution in [-0.2, 0) is 6.54 Å². The Balaban J connectivity index is 2.17. The Morgan fingerprint density at radius 3 is 2.88 bits per heavy atom. The third kappa shape index (κ3) is 3.19. The number of anilines is 1. The van der Waals surface area contributed by atoms with Gasteiger partial charge in [-0.3, -0.25) is 13.8 Å². The standard InChI is InChI=1S/C16H16F2N4O2S/c1-9(2)24-15-11(17)7-20-13-6-10(22(25-18)14(13)15)8-21-5-3-4-12(19)16(21)23/h3-7,9H,8,19H2,1-2H3. The van der Waals surface area contributed by atoms with Gasteiger partial charge in [-0.15, -0.1) is 3.89 Å². The summed E-state index contributed by atoms with van der Waals surface area (Å²) < 4.78 is 35.8. The molecule has 3 rings (SSSR count). The molecule has 9 heteroatoms.